The number of pyridine rings is 1. The molecule has 2 heterocycles. The molecule has 0 N–H and O–H groups in total. The Balaban J connectivity index is 1.75. The zero-order valence-electron chi connectivity index (χ0n) is 16.3. The van der Waals surface area contributed by atoms with E-state index in [9.17, 15) is 0 Å². The van der Waals surface area contributed by atoms with E-state index in [-0.39, 0.29) is 0 Å². The lowest BCUT2D eigenvalue weighted by Crippen LogP contribution is -1.91. The first-order valence-electron chi connectivity index (χ1n) is 9.67. The van der Waals surface area contributed by atoms with Crippen molar-refractivity contribution >= 4 is 42.8 Å². The van der Waals surface area contributed by atoms with Gasteiger partial charge in [0.05, 0.1) is 11.4 Å². The fraction of sp³-hybridized carbons (Fsp3) is 0.0385. The minimum absolute atomic E-state index is 0.964. The van der Waals surface area contributed by atoms with Crippen LogP contribution in [0.3, 0.4) is 0 Å². The van der Waals surface area contributed by atoms with Crippen molar-refractivity contribution in [1.82, 2.24) is 9.55 Å². The molecule has 0 saturated heterocycles. The Morgan fingerprint density at radius 3 is 1.77 bits per heavy atom. The molecule has 5 aromatic rings. The van der Waals surface area contributed by atoms with Crippen LogP contribution in [0.15, 0.2) is 100 Å². The summed E-state index contributed by atoms with van der Waals surface area (Å²) in [4.78, 5) is 5.01. The van der Waals surface area contributed by atoms with Gasteiger partial charge in [-0.05, 0) is 48.0 Å². The van der Waals surface area contributed by atoms with Gasteiger partial charge in [0.15, 0.2) is 0 Å². The SMILES string of the molecule is Cn1cc(-c2cc(-c3ccc(Br)cc3)nc(-c3ccc(Br)cc3)c2)c2ccccc21. The van der Waals surface area contributed by atoms with Crippen LogP contribution in [0.5, 0.6) is 0 Å². The van der Waals surface area contributed by atoms with Gasteiger partial charge in [0.25, 0.3) is 0 Å². The molecule has 0 aliphatic rings. The van der Waals surface area contributed by atoms with E-state index in [1.807, 2.05) is 0 Å². The van der Waals surface area contributed by atoms with E-state index >= 15 is 0 Å². The lowest BCUT2D eigenvalue weighted by atomic mass is 9.99. The van der Waals surface area contributed by atoms with Crippen LogP contribution in [-0.2, 0) is 7.05 Å². The third-order valence-corrected chi connectivity index (χ3v) is 6.37. The minimum Gasteiger partial charge on any atom is -0.350 e. The number of nitrogens with zero attached hydrogens (tertiary/aromatic N) is 2. The molecule has 0 aliphatic carbocycles. The van der Waals surface area contributed by atoms with Crippen molar-refractivity contribution < 1.29 is 0 Å². The van der Waals surface area contributed by atoms with Crippen molar-refractivity contribution in [2.24, 2.45) is 7.05 Å². The summed E-state index contributed by atoms with van der Waals surface area (Å²) in [6.07, 6.45) is 2.21. The predicted molar refractivity (Wildman–Crippen MR) is 132 cm³/mol. The normalized spacial score (nSPS) is 11.2. The van der Waals surface area contributed by atoms with Crippen LogP contribution >= 0.6 is 31.9 Å². The topological polar surface area (TPSA) is 17.8 Å². The van der Waals surface area contributed by atoms with E-state index in [2.05, 4.69) is 135 Å². The van der Waals surface area contributed by atoms with Gasteiger partial charge >= 0.3 is 0 Å². The second kappa shape index (κ2) is 7.86. The first-order valence-corrected chi connectivity index (χ1v) is 11.3. The molecular weight excluding hydrogens is 500 g/mol. The molecule has 0 unspecified atom stereocenters. The summed E-state index contributed by atoms with van der Waals surface area (Å²) >= 11 is 7.06. The Labute approximate surface area is 192 Å². The molecule has 5 rings (SSSR count). The first kappa shape index (κ1) is 19.3. The van der Waals surface area contributed by atoms with Crippen molar-refractivity contribution in [2.45, 2.75) is 0 Å². The Kier molecular flexibility index (Phi) is 5.05. The van der Waals surface area contributed by atoms with E-state index in [1.165, 1.54) is 16.5 Å². The second-order valence-corrected chi connectivity index (χ2v) is 9.14. The Morgan fingerprint density at radius 2 is 1.20 bits per heavy atom. The van der Waals surface area contributed by atoms with Gasteiger partial charge < -0.3 is 4.57 Å². The molecule has 3 aromatic carbocycles. The van der Waals surface area contributed by atoms with Crippen molar-refractivity contribution in [3.05, 3.63) is 100 Å². The van der Waals surface area contributed by atoms with Gasteiger partial charge in [-0.3, -0.25) is 0 Å². The monoisotopic (exact) mass is 516 g/mol. The molecule has 0 amide bonds. The number of rotatable bonds is 3. The number of aryl methyl sites for hydroxylation is 1. The summed E-state index contributed by atoms with van der Waals surface area (Å²) in [5.41, 5.74) is 7.72. The van der Waals surface area contributed by atoms with Crippen molar-refractivity contribution in [2.75, 3.05) is 0 Å². The molecule has 0 radical (unpaired) electrons. The van der Waals surface area contributed by atoms with Crippen molar-refractivity contribution in [1.29, 1.82) is 0 Å². The van der Waals surface area contributed by atoms with Crippen LogP contribution < -0.4 is 0 Å². The third-order valence-electron chi connectivity index (χ3n) is 5.31. The Morgan fingerprint density at radius 1 is 0.667 bits per heavy atom. The average Bonchev–Trinajstić information content (AvgIpc) is 3.11. The lowest BCUT2D eigenvalue weighted by Gasteiger charge is -2.10. The summed E-state index contributed by atoms with van der Waals surface area (Å²) in [7, 11) is 2.10. The standard InChI is InChI=1S/C26H18Br2N2/c1-30-16-23(22-4-2-3-5-26(22)30)19-14-24(17-6-10-20(27)11-7-17)29-25(15-19)18-8-12-21(28)13-9-18/h2-16H,1H3. The molecule has 0 atom stereocenters. The maximum absolute atomic E-state index is 5.01. The number of fused-ring (bicyclic) bond motifs is 1. The highest BCUT2D eigenvalue weighted by molar-refractivity contribution is 9.10. The van der Waals surface area contributed by atoms with Crippen LogP contribution in [-0.4, -0.2) is 9.55 Å². The minimum atomic E-state index is 0.964. The highest BCUT2D eigenvalue weighted by Crippen LogP contribution is 2.35. The fourth-order valence-corrected chi connectivity index (χ4v) is 4.32. The fourth-order valence-electron chi connectivity index (χ4n) is 3.79. The molecule has 2 nitrogen and oxygen atoms in total. The van der Waals surface area contributed by atoms with Crippen molar-refractivity contribution in [3.8, 4) is 33.6 Å². The van der Waals surface area contributed by atoms with Gasteiger partial charge in [-0.15, -0.1) is 0 Å². The van der Waals surface area contributed by atoms with Crippen LogP contribution in [0.4, 0.5) is 0 Å². The van der Waals surface area contributed by atoms with Crippen molar-refractivity contribution in [3.63, 3.8) is 0 Å². The lowest BCUT2D eigenvalue weighted by molar-refractivity contribution is 0.970. The zero-order valence-corrected chi connectivity index (χ0v) is 19.5. The molecule has 146 valence electrons. The zero-order chi connectivity index (χ0) is 20.7. The highest BCUT2D eigenvalue weighted by atomic mass is 79.9. The number of hydrogen-bond acceptors (Lipinski definition) is 1. The van der Waals surface area contributed by atoms with Crippen LogP contribution in [0.25, 0.3) is 44.5 Å². The van der Waals surface area contributed by atoms with Crippen LogP contribution in [0.1, 0.15) is 0 Å². The average molecular weight is 518 g/mol. The number of aromatic nitrogens is 2. The molecule has 0 spiro atoms. The van der Waals surface area contributed by atoms with E-state index in [0.717, 1.165) is 37.0 Å². The van der Waals surface area contributed by atoms with Crippen LogP contribution in [0, 0.1) is 0 Å². The summed E-state index contributed by atoms with van der Waals surface area (Å²) in [5, 5.41) is 1.25. The van der Waals surface area contributed by atoms with Gasteiger partial charge in [-0.2, -0.15) is 0 Å². The highest BCUT2D eigenvalue weighted by Gasteiger charge is 2.13. The molecule has 0 aliphatic heterocycles. The van der Waals surface area contributed by atoms with E-state index in [1.54, 1.807) is 0 Å². The van der Waals surface area contributed by atoms with E-state index in [4.69, 9.17) is 4.98 Å². The first-order chi connectivity index (χ1) is 14.6. The second-order valence-electron chi connectivity index (χ2n) is 7.31. The number of hydrogen-bond donors (Lipinski definition) is 0. The summed E-state index contributed by atoms with van der Waals surface area (Å²) in [6.45, 7) is 0. The van der Waals surface area contributed by atoms with Gasteiger partial charge in [0.1, 0.15) is 0 Å². The molecule has 2 aromatic heterocycles. The Hall–Kier alpha value is -2.69. The quantitative estimate of drug-likeness (QED) is 0.236. The molecule has 0 fully saturated rings. The van der Waals surface area contributed by atoms with Gasteiger partial charge in [-0.1, -0.05) is 74.3 Å². The molecule has 4 heteroatoms. The molecule has 0 saturated carbocycles. The number of para-hydroxylation sites is 1. The van der Waals surface area contributed by atoms with Gasteiger partial charge in [0, 0.05) is 49.8 Å². The summed E-state index contributed by atoms with van der Waals surface area (Å²) < 4.78 is 4.30. The summed E-state index contributed by atoms with van der Waals surface area (Å²) in [6, 6.07) is 29.5. The molecule has 30 heavy (non-hydrogen) atoms. The number of benzene rings is 3. The maximum Gasteiger partial charge on any atom is 0.0715 e. The molecular formula is C26H18Br2N2. The van der Waals surface area contributed by atoms with E-state index in [0.29, 0.717) is 0 Å². The van der Waals surface area contributed by atoms with Gasteiger partial charge in [-0.25, -0.2) is 4.98 Å². The number of halogens is 2. The predicted octanol–water partition coefficient (Wildman–Crippen LogP) is 8.10. The smallest absolute Gasteiger partial charge is 0.0715 e. The molecule has 0 bridgehead atoms. The largest absolute Gasteiger partial charge is 0.350 e. The maximum atomic E-state index is 5.01. The van der Waals surface area contributed by atoms with Gasteiger partial charge in [0.2, 0.25) is 0 Å². The summed E-state index contributed by atoms with van der Waals surface area (Å²) in [5.74, 6) is 0. The van der Waals surface area contributed by atoms with E-state index < -0.39 is 0 Å². The Bertz CT molecular complexity index is 1290. The third kappa shape index (κ3) is 3.62. The van der Waals surface area contributed by atoms with Crippen LogP contribution in [0.2, 0.25) is 0 Å².